The van der Waals surface area contributed by atoms with E-state index in [9.17, 15) is 22.8 Å². The zero-order chi connectivity index (χ0) is 21.7. The third kappa shape index (κ3) is 3.87. The largest absolute Gasteiger partial charge is 0.451 e. The molecule has 0 aliphatic carbocycles. The lowest BCUT2D eigenvalue weighted by Gasteiger charge is -2.17. The maximum atomic E-state index is 13.1. The lowest BCUT2D eigenvalue weighted by Crippen LogP contribution is -2.21. The SMILES string of the molecule is CC1=C(C(=O)Nc2cc(C)nn2-c2cc(C(F)(F)F)ccc2Cl)C(=O)OC1(C)C. The molecule has 0 unspecified atom stereocenters. The van der Waals surface area contributed by atoms with E-state index in [0.29, 0.717) is 11.3 Å². The van der Waals surface area contributed by atoms with Crippen molar-refractivity contribution in [1.82, 2.24) is 9.78 Å². The van der Waals surface area contributed by atoms with Gasteiger partial charge in [-0.3, -0.25) is 4.79 Å². The van der Waals surface area contributed by atoms with Crippen LogP contribution in [-0.2, 0) is 20.5 Å². The van der Waals surface area contributed by atoms with Gasteiger partial charge in [0.2, 0.25) is 0 Å². The van der Waals surface area contributed by atoms with Gasteiger partial charge in [0.25, 0.3) is 5.91 Å². The summed E-state index contributed by atoms with van der Waals surface area (Å²) in [6.45, 7) is 6.51. The number of benzene rings is 1. The van der Waals surface area contributed by atoms with Gasteiger partial charge in [0, 0.05) is 6.07 Å². The van der Waals surface area contributed by atoms with Crippen molar-refractivity contribution in [2.24, 2.45) is 0 Å². The minimum Gasteiger partial charge on any atom is -0.451 e. The molecule has 6 nitrogen and oxygen atoms in total. The molecule has 1 N–H and O–H groups in total. The second-order valence-corrected chi connectivity index (χ2v) is 7.51. The fraction of sp³-hybridized carbons (Fsp3) is 0.316. The zero-order valence-electron chi connectivity index (χ0n) is 15.9. The van der Waals surface area contributed by atoms with Crippen LogP contribution in [0.25, 0.3) is 5.69 Å². The Hall–Kier alpha value is -2.81. The molecule has 0 atom stereocenters. The molecule has 2 heterocycles. The molecule has 0 radical (unpaired) electrons. The monoisotopic (exact) mass is 427 g/mol. The van der Waals surface area contributed by atoms with Crippen molar-refractivity contribution in [2.45, 2.75) is 39.5 Å². The molecule has 1 aliphatic heterocycles. The van der Waals surface area contributed by atoms with Crippen LogP contribution in [0.15, 0.2) is 35.4 Å². The van der Waals surface area contributed by atoms with E-state index >= 15 is 0 Å². The Morgan fingerprint density at radius 1 is 1.24 bits per heavy atom. The van der Waals surface area contributed by atoms with Gasteiger partial charge in [0.05, 0.1) is 22.0 Å². The number of carbonyl (C=O) groups excluding carboxylic acids is 2. The smallest absolute Gasteiger partial charge is 0.416 e. The van der Waals surface area contributed by atoms with Gasteiger partial charge in [0.1, 0.15) is 17.0 Å². The molecule has 154 valence electrons. The van der Waals surface area contributed by atoms with Crippen molar-refractivity contribution in [3.63, 3.8) is 0 Å². The highest BCUT2D eigenvalue weighted by Crippen LogP contribution is 2.35. The molecular formula is C19H17ClF3N3O3. The molecule has 1 amide bonds. The Bertz CT molecular complexity index is 1050. The average molecular weight is 428 g/mol. The summed E-state index contributed by atoms with van der Waals surface area (Å²) in [6.07, 6.45) is -4.58. The number of nitrogens with zero attached hydrogens (tertiary/aromatic N) is 2. The Balaban J connectivity index is 2.03. The predicted octanol–water partition coefficient (Wildman–Crippen LogP) is 4.44. The topological polar surface area (TPSA) is 73.2 Å². The van der Waals surface area contributed by atoms with Crippen molar-refractivity contribution < 1.29 is 27.5 Å². The molecule has 1 aromatic heterocycles. The summed E-state index contributed by atoms with van der Waals surface area (Å²) in [4.78, 5) is 24.8. The third-order valence-corrected chi connectivity index (χ3v) is 4.95. The second-order valence-electron chi connectivity index (χ2n) is 7.10. The fourth-order valence-electron chi connectivity index (χ4n) is 2.88. The highest BCUT2D eigenvalue weighted by molar-refractivity contribution is 6.32. The number of ether oxygens (including phenoxy) is 1. The number of rotatable bonds is 3. The van der Waals surface area contributed by atoms with Gasteiger partial charge in [-0.2, -0.15) is 18.3 Å². The number of hydrogen-bond donors (Lipinski definition) is 1. The molecule has 0 saturated carbocycles. The summed E-state index contributed by atoms with van der Waals surface area (Å²) in [6, 6.07) is 4.24. The Labute approximate surface area is 169 Å². The summed E-state index contributed by atoms with van der Waals surface area (Å²) in [5, 5.41) is 6.66. The molecule has 29 heavy (non-hydrogen) atoms. The molecule has 0 saturated heterocycles. The number of carbonyl (C=O) groups is 2. The maximum Gasteiger partial charge on any atom is 0.416 e. The summed E-state index contributed by atoms with van der Waals surface area (Å²) < 4.78 is 45.6. The Morgan fingerprint density at radius 3 is 2.45 bits per heavy atom. The van der Waals surface area contributed by atoms with Crippen LogP contribution in [0, 0.1) is 6.92 Å². The van der Waals surface area contributed by atoms with Crippen LogP contribution in [0.3, 0.4) is 0 Å². The first-order valence-electron chi connectivity index (χ1n) is 8.51. The van der Waals surface area contributed by atoms with E-state index in [1.807, 2.05) is 0 Å². The van der Waals surface area contributed by atoms with Gasteiger partial charge < -0.3 is 10.1 Å². The van der Waals surface area contributed by atoms with E-state index in [2.05, 4.69) is 10.4 Å². The molecule has 0 fully saturated rings. The van der Waals surface area contributed by atoms with Crippen LogP contribution in [0.2, 0.25) is 5.02 Å². The Kier molecular flexibility index (Phi) is 4.98. The van der Waals surface area contributed by atoms with E-state index in [4.69, 9.17) is 16.3 Å². The van der Waals surface area contributed by atoms with Gasteiger partial charge in [-0.05, 0) is 51.5 Å². The van der Waals surface area contributed by atoms with E-state index in [-0.39, 0.29) is 22.1 Å². The number of aromatic nitrogens is 2. The van der Waals surface area contributed by atoms with Crippen LogP contribution in [0.4, 0.5) is 19.0 Å². The number of cyclic esters (lactones) is 1. The summed E-state index contributed by atoms with van der Waals surface area (Å²) in [7, 11) is 0. The van der Waals surface area contributed by atoms with E-state index < -0.39 is 29.2 Å². The number of hydrogen-bond acceptors (Lipinski definition) is 4. The number of halogens is 4. The summed E-state index contributed by atoms with van der Waals surface area (Å²) in [5.74, 6) is -1.46. The molecule has 0 spiro atoms. The minimum absolute atomic E-state index is 0.00778. The highest BCUT2D eigenvalue weighted by atomic mass is 35.5. The first kappa shape index (κ1) is 20.9. The highest BCUT2D eigenvalue weighted by Gasteiger charge is 2.41. The van der Waals surface area contributed by atoms with Crippen LogP contribution in [-0.4, -0.2) is 27.3 Å². The first-order chi connectivity index (χ1) is 13.3. The molecule has 10 heteroatoms. The number of anilines is 1. The van der Waals surface area contributed by atoms with Crippen LogP contribution in [0.5, 0.6) is 0 Å². The van der Waals surface area contributed by atoms with Crippen molar-refractivity contribution >= 4 is 29.3 Å². The van der Waals surface area contributed by atoms with Crippen molar-refractivity contribution in [3.8, 4) is 5.69 Å². The zero-order valence-corrected chi connectivity index (χ0v) is 16.7. The van der Waals surface area contributed by atoms with Crippen molar-refractivity contribution in [3.05, 3.63) is 51.7 Å². The van der Waals surface area contributed by atoms with Gasteiger partial charge in [0.15, 0.2) is 0 Å². The second kappa shape index (κ2) is 6.91. The average Bonchev–Trinajstić information content (AvgIpc) is 3.02. The van der Waals surface area contributed by atoms with E-state index in [0.717, 1.165) is 22.9 Å². The molecule has 3 rings (SSSR count). The first-order valence-corrected chi connectivity index (χ1v) is 8.89. The molecule has 0 bridgehead atoms. The van der Waals surface area contributed by atoms with Crippen LogP contribution >= 0.6 is 11.6 Å². The normalized spacial score (nSPS) is 16.2. The van der Waals surface area contributed by atoms with Gasteiger partial charge in [-0.15, -0.1) is 0 Å². The van der Waals surface area contributed by atoms with Crippen molar-refractivity contribution in [2.75, 3.05) is 5.32 Å². The molecular weight excluding hydrogens is 411 g/mol. The Morgan fingerprint density at radius 2 is 1.90 bits per heavy atom. The predicted molar refractivity (Wildman–Crippen MR) is 99.8 cm³/mol. The molecule has 1 aliphatic rings. The van der Waals surface area contributed by atoms with Gasteiger partial charge >= 0.3 is 12.1 Å². The van der Waals surface area contributed by atoms with Crippen molar-refractivity contribution in [1.29, 1.82) is 0 Å². The molecule has 2 aromatic rings. The number of esters is 1. The number of nitrogens with one attached hydrogen (secondary N) is 1. The quantitative estimate of drug-likeness (QED) is 0.580. The molecule has 1 aromatic carbocycles. The van der Waals surface area contributed by atoms with Crippen LogP contribution in [0.1, 0.15) is 32.0 Å². The standard InChI is InChI=1S/C19H17ClF3N3O3/c1-9-7-14(24-16(27)15-10(2)18(3,4)29-17(15)28)26(25-9)13-8-11(19(21,22)23)5-6-12(13)20/h5-8H,1-4H3,(H,24,27). The third-order valence-electron chi connectivity index (χ3n) is 4.63. The minimum atomic E-state index is -4.58. The van der Waals surface area contributed by atoms with Gasteiger partial charge in [-0.1, -0.05) is 11.6 Å². The summed E-state index contributed by atoms with van der Waals surface area (Å²) in [5.41, 5.74) is -1.19. The number of amides is 1. The lowest BCUT2D eigenvalue weighted by molar-refractivity contribution is -0.145. The number of aryl methyl sites for hydroxylation is 1. The summed E-state index contributed by atoms with van der Waals surface area (Å²) >= 11 is 6.09. The fourth-order valence-corrected chi connectivity index (χ4v) is 3.08. The van der Waals surface area contributed by atoms with E-state index in [1.165, 1.54) is 6.07 Å². The number of alkyl halides is 3. The van der Waals surface area contributed by atoms with Crippen LogP contribution < -0.4 is 5.32 Å². The maximum absolute atomic E-state index is 13.1. The van der Waals surface area contributed by atoms with E-state index in [1.54, 1.807) is 27.7 Å². The lowest BCUT2D eigenvalue weighted by atomic mass is 9.97. The van der Waals surface area contributed by atoms with Gasteiger partial charge in [-0.25, -0.2) is 9.48 Å².